The van der Waals surface area contributed by atoms with Gasteiger partial charge in [-0.25, -0.2) is 0 Å². The van der Waals surface area contributed by atoms with Crippen LogP contribution in [0.5, 0.6) is 0 Å². The Kier molecular flexibility index (Phi) is 35.2. The smallest absolute Gasteiger partial charge is 0.306 e. The summed E-state index contributed by atoms with van der Waals surface area (Å²) in [7, 11) is 0. The molecule has 54 heavy (non-hydrogen) atoms. The predicted octanol–water partition coefficient (Wildman–Crippen LogP) is 13.2. The molecule has 1 unspecified atom stereocenters. The van der Waals surface area contributed by atoms with Crippen LogP contribution in [0.3, 0.4) is 0 Å². The maximum atomic E-state index is 12.8. The number of unbranched alkanes of at least 4 members (excludes halogenated alkanes) is 23. The van der Waals surface area contributed by atoms with E-state index in [9.17, 15) is 9.59 Å². The van der Waals surface area contributed by atoms with E-state index in [0.29, 0.717) is 31.2 Å². The Morgan fingerprint density at radius 1 is 0.537 bits per heavy atom. The average Bonchev–Trinajstić information content (AvgIpc) is 3.59. The highest BCUT2D eigenvalue weighted by atomic mass is 16.5. The van der Waals surface area contributed by atoms with E-state index in [1.54, 1.807) is 0 Å². The van der Waals surface area contributed by atoms with Crippen LogP contribution in [0.4, 0.5) is 0 Å². The highest BCUT2D eigenvalue weighted by Gasteiger charge is 2.15. The van der Waals surface area contributed by atoms with Crippen molar-refractivity contribution in [2.24, 2.45) is 0 Å². The van der Waals surface area contributed by atoms with E-state index in [1.165, 1.54) is 122 Å². The summed E-state index contributed by atoms with van der Waals surface area (Å²) in [5.41, 5.74) is 0. The fourth-order valence-electron chi connectivity index (χ4n) is 7.25. The van der Waals surface area contributed by atoms with Gasteiger partial charge in [0.05, 0.1) is 6.61 Å². The van der Waals surface area contributed by atoms with E-state index in [2.05, 4.69) is 35.9 Å². The molecule has 0 spiro atoms. The number of rotatable bonds is 41. The SMILES string of the molecule is CCCCCCCCCOC(=O)CCCCCCCN(CCCCCCCC(=O)OC(CCCCCCC)CCCCCCCC)CCc1nnc(C)o1. The maximum absolute atomic E-state index is 12.8. The molecule has 1 aromatic rings. The lowest BCUT2D eigenvalue weighted by Crippen LogP contribution is -2.28. The fraction of sp³-hybridized carbons (Fsp3) is 0.913. The van der Waals surface area contributed by atoms with Gasteiger partial charge in [0.15, 0.2) is 0 Å². The summed E-state index contributed by atoms with van der Waals surface area (Å²) in [6.45, 7) is 12.2. The van der Waals surface area contributed by atoms with Crippen LogP contribution < -0.4 is 0 Å². The summed E-state index contributed by atoms with van der Waals surface area (Å²) in [4.78, 5) is 27.4. The number of aromatic nitrogens is 2. The van der Waals surface area contributed by atoms with Crippen molar-refractivity contribution < 1.29 is 23.5 Å². The predicted molar refractivity (Wildman–Crippen MR) is 225 cm³/mol. The molecule has 0 amide bonds. The Bertz CT molecular complexity index is 970. The molecule has 0 radical (unpaired) electrons. The van der Waals surface area contributed by atoms with Crippen molar-refractivity contribution in [3.05, 3.63) is 11.8 Å². The van der Waals surface area contributed by atoms with Crippen LogP contribution >= 0.6 is 0 Å². The van der Waals surface area contributed by atoms with Gasteiger partial charge in [-0.15, -0.1) is 10.2 Å². The van der Waals surface area contributed by atoms with E-state index in [4.69, 9.17) is 13.9 Å². The second-order valence-corrected chi connectivity index (χ2v) is 16.1. The Morgan fingerprint density at radius 2 is 0.981 bits per heavy atom. The zero-order valence-electron chi connectivity index (χ0n) is 36.1. The van der Waals surface area contributed by atoms with Crippen molar-refractivity contribution in [3.63, 3.8) is 0 Å². The largest absolute Gasteiger partial charge is 0.466 e. The van der Waals surface area contributed by atoms with Crippen LogP contribution in [-0.2, 0) is 25.5 Å². The van der Waals surface area contributed by atoms with Gasteiger partial charge in [0.1, 0.15) is 6.10 Å². The first-order valence-electron chi connectivity index (χ1n) is 23.3. The minimum Gasteiger partial charge on any atom is -0.466 e. The first kappa shape index (κ1) is 50.1. The standard InChI is InChI=1S/C46H87N3O5/c1-5-8-11-14-16-25-32-41-52-45(50)35-28-21-17-23-30-38-49(40-37-44-48-47-42(4)53-44)39-31-24-18-22-29-36-46(51)54-43(33-26-19-13-10-7-3)34-27-20-15-12-9-6-2/h43H,5-41H2,1-4H3. The Hall–Kier alpha value is -1.96. The lowest BCUT2D eigenvalue weighted by atomic mass is 10.0. The molecule has 1 heterocycles. The number of aryl methyl sites for hydroxylation is 1. The zero-order valence-corrected chi connectivity index (χ0v) is 36.1. The molecule has 316 valence electrons. The topological polar surface area (TPSA) is 94.8 Å². The molecule has 1 rings (SSSR count). The normalized spacial score (nSPS) is 12.1. The Morgan fingerprint density at radius 3 is 1.48 bits per heavy atom. The molecule has 0 aliphatic heterocycles. The quantitative estimate of drug-likeness (QED) is 0.0481. The lowest BCUT2D eigenvalue weighted by Gasteiger charge is -2.21. The van der Waals surface area contributed by atoms with Gasteiger partial charge in [0.25, 0.3) is 0 Å². The summed E-state index contributed by atoms with van der Waals surface area (Å²) >= 11 is 0. The molecule has 1 atom stereocenters. The van der Waals surface area contributed by atoms with Gasteiger partial charge in [-0.05, 0) is 70.9 Å². The first-order chi connectivity index (χ1) is 26.5. The third-order valence-electron chi connectivity index (χ3n) is 10.7. The fourth-order valence-corrected chi connectivity index (χ4v) is 7.25. The highest BCUT2D eigenvalue weighted by molar-refractivity contribution is 5.69. The second-order valence-electron chi connectivity index (χ2n) is 16.1. The molecule has 8 heteroatoms. The summed E-state index contributed by atoms with van der Waals surface area (Å²) in [6.07, 6.45) is 37.7. The number of hydrogen-bond acceptors (Lipinski definition) is 8. The van der Waals surface area contributed by atoms with Crippen LogP contribution in [0, 0.1) is 6.92 Å². The van der Waals surface area contributed by atoms with Crippen molar-refractivity contribution in [1.82, 2.24) is 15.1 Å². The van der Waals surface area contributed by atoms with E-state index < -0.39 is 0 Å². The van der Waals surface area contributed by atoms with Crippen molar-refractivity contribution in [3.8, 4) is 0 Å². The second kappa shape index (κ2) is 37.9. The zero-order chi connectivity index (χ0) is 39.2. The average molecular weight is 762 g/mol. The van der Waals surface area contributed by atoms with E-state index >= 15 is 0 Å². The number of hydrogen-bond donors (Lipinski definition) is 0. The lowest BCUT2D eigenvalue weighted by molar-refractivity contribution is -0.150. The van der Waals surface area contributed by atoms with Crippen LogP contribution in [0.2, 0.25) is 0 Å². The van der Waals surface area contributed by atoms with Crippen LogP contribution in [-0.4, -0.2) is 59.4 Å². The van der Waals surface area contributed by atoms with Crippen LogP contribution in [0.1, 0.15) is 238 Å². The van der Waals surface area contributed by atoms with Gasteiger partial charge in [-0.2, -0.15) is 0 Å². The monoisotopic (exact) mass is 762 g/mol. The molecule has 0 N–H and O–H groups in total. The van der Waals surface area contributed by atoms with Crippen molar-refractivity contribution in [2.45, 2.75) is 246 Å². The van der Waals surface area contributed by atoms with Crippen LogP contribution in [0.25, 0.3) is 0 Å². The van der Waals surface area contributed by atoms with Gasteiger partial charge >= 0.3 is 11.9 Å². The van der Waals surface area contributed by atoms with Crippen molar-refractivity contribution in [1.29, 1.82) is 0 Å². The van der Waals surface area contributed by atoms with Gasteiger partial charge in [-0.1, -0.05) is 156 Å². The molecule has 0 fully saturated rings. The highest BCUT2D eigenvalue weighted by Crippen LogP contribution is 2.18. The summed E-state index contributed by atoms with van der Waals surface area (Å²) in [5, 5.41) is 8.20. The molecule has 0 saturated carbocycles. The van der Waals surface area contributed by atoms with Gasteiger partial charge in [0, 0.05) is 32.7 Å². The van der Waals surface area contributed by atoms with E-state index in [0.717, 1.165) is 96.7 Å². The van der Waals surface area contributed by atoms with Gasteiger partial charge in [0.2, 0.25) is 11.8 Å². The van der Waals surface area contributed by atoms with E-state index in [-0.39, 0.29) is 18.0 Å². The van der Waals surface area contributed by atoms with Crippen LogP contribution in [0.15, 0.2) is 4.42 Å². The van der Waals surface area contributed by atoms with Gasteiger partial charge < -0.3 is 18.8 Å². The van der Waals surface area contributed by atoms with Gasteiger partial charge in [-0.3, -0.25) is 9.59 Å². The number of ether oxygens (including phenoxy) is 2. The molecule has 0 aliphatic rings. The molecule has 1 aromatic heterocycles. The molecule has 0 saturated heterocycles. The molecule has 0 aliphatic carbocycles. The third kappa shape index (κ3) is 32.3. The molecule has 0 aromatic carbocycles. The number of esters is 2. The summed E-state index contributed by atoms with van der Waals surface area (Å²) in [6, 6.07) is 0. The van der Waals surface area contributed by atoms with Crippen molar-refractivity contribution >= 4 is 11.9 Å². The Balaban J connectivity index is 2.25. The first-order valence-corrected chi connectivity index (χ1v) is 23.3. The maximum Gasteiger partial charge on any atom is 0.306 e. The molecular weight excluding hydrogens is 675 g/mol. The number of carbonyl (C=O) groups is 2. The third-order valence-corrected chi connectivity index (χ3v) is 10.7. The Labute approximate surface area is 333 Å². The molecular formula is C46H87N3O5. The number of carbonyl (C=O) groups excluding carboxylic acids is 2. The molecule has 8 nitrogen and oxygen atoms in total. The number of nitrogens with zero attached hydrogens (tertiary/aromatic N) is 3. The molecule has 0 bridgehead atoms. The van der Waals surface area contributed by atoms with Crippen molar-refractivity contribution in [2.75, 3.05) is 26.2 Å². The minimum absolute atomic E-state index is 0.0145. The summed E-state index contributed by atoms with van der Waals surface area (Å²) < 4.78 is 17.1. The van der Waals surface area contributed by atoms with E-state index in [1.807, 2.05) is 6.92 Å². The minimum atomic E-state index is -0.0284. The summed E-state index contributed by atoms with van der Waals surface area (Å²) in [5.74, 6) is 1.33.